The molecule has 3 rings (SSSR count). The number of para-hydroxylation sites is 2. The van der Waals surface area contributed by atoms with Crippen LogP contribution in [0.5, 0.6) is 0 Å². The zero-order valence-corrected chi connectivity index (χ0v) is 9.90. The Morgan fingerprint density at radius 3 is 2.35 bits per heavy atom. The first kappa shape index (κ1) is 10.1. The molecule has 2 heteroatoms. The molecule has 2 nitrogen and oxygen atoms in total. The van der Waals surface area contributed by atoms with E-state index < -0.39 is 0 Å². The molecule has 0 N–H and O–H groups in total. The maximum Gasteiger partial charge on any atom is 0.227 e. The number of nitrogens with zero attached hydrogens (tertiary/aromatic N) is 1. The summed E-state index contributed by atoms with van der Waals surface area (Å²) in [4.78, 5) is 4.50. The molecule has 17 heavy (non-hydrogen) atoms. The van der Waals surface area contributed by atoms with Gasteiger partial charge in [-0.1, -0.05) is 29.3 Å². The Labute approximate surface area is 99.9 Å². The number of hydrogen-bond donors (Lipinski definition) is 0. The van der Waals surface area contributed by atoms with Crippen molar-refractivity contribution in [2.75, 3.05) is 0 Å². The Balaban J connectivity index is 2.20. The Hall–Kier alpha value is -2.09. The Kier molecular flexibility index (Phi) is 2.22. The van der Waals surface area contributed by atoms with Crippen LogP contribution >= 0.6 is 0 Å². The number of oxazole rings is 1. The van der Waals surface area contributed by atoms with Gasteiger partial charge in [0.25, 0.3) is 0 Å². The third-order valence-electron chi connectivity index (χ3n) is 2.76. The summed E-state index contributed by atoms with van der Waals surface area (Å²) in [5.74, 6) is 0.693. The summed E-state index contributed by atoms with van der Waals surface area (Å²) in [6.45, 7) is 4.16. The summed E-state index contributed by atoms with van der Waals surface area (Å²) in [7, 11) is 0. The molecule has 0 aliphatic heterocycles. The average molecular weight is 223 g/mol. The molecular formula is C15H13NO. The minimum absolute atomic E-state index is 0.693. The summed E-state index contributed by atoms with van der Waals surface area (Å²) in [6, 6.07) is 14.2. The van der Waals surface area contributed by atoms with E-state index in [2.05, 4.69) is 37.0 Å². The van der Waals surface area contributed by atoms with Gasteiger partial charge in [0.1, 0.15) is 5.52 Å². The molecule has 0 aliphatic rings. The lowest BCUT2D eigenvalue weighted by atomic mass is 10.1. The van der Waals surface area contributed by atoms with Gasteiger partial charge < -0.3 is 4.42 Å². The van der Waals surface area contributed by atoms with E-state index in [4.69, 9.17) is 4.42 Å². The Morgan fingerprint density at radius 1 is 0.941 bits per heavy atom. The van der Waals surface area contributed by atoms with Gasteiger partial charge in [0.05, 0.1) is 0 Å². The number of benzene rings is 2. The van der Waals surface area contributed by atoms with Crippen molar-refractivity contribution in [2.24, 2.45) is 0 Å². The molecule has 0 aliphatic carbocycles. The van der Waals surface area contributed by atoms with Gasteiger partial charge in [-0.15, -0.1) is 0 Å². The van der Waals surface area contributed by atoms with Crippen LogP contribution in [0.4, 0.5) is 0 Å². The molecule has 84 valence electrons. The molecule has 0 saturated heterocycles. The van der Waals surface area contributed by atoms with Crippen LogP contribution in [0.2, 0.25) is 0 Å². The lowest BCUT2D eigenvalue weighted by Gasteiger charge is -2.00. The van der Waals surface area contributed by atoms with Gasteiger partial charge in [-0.2, -0.15) is 0 Å². The molecule has 3 aromatic rings. The van der Waals surface area contributed by atoms with Gasteiger partial charge in [-0.25, -0.2) is 4.98 Å². The van der Waals surface area contributed by atoms with Crippen molar-refractivity contribution in [2.45, 2.75) is 13.8 Å². The zero-order chi connectivity index (χ0) is 11.8. The van der Waals surface area contributed by atoms with Crippen LogP contribution in [0, 0.1) is 13.8 Å². The molecule has 0 atom stereocenters. The van der Waals surface area contributed by atoms with E-state index in [1.165, 1.54) is 11.1 Å². The van der Waals surface area contributed by atoms with Crippen molar-refractivity contribution < 1.29 is 4.42 Å². The lowest BCUT2D eigenvalue weighted by Crippen LogP contribution is -1.82. The van der Waals surface area contributed by atoms with Crippen molar-refractivity contribution >= 4 is 11.1 Å². The summed E-state index contributed by atoms with van der Waals surface area (Å²) in [5.41, 5.74) is 5.23. The molecule has 0 saturated carbocycles. The van der Waals surface area contributed by atoms with Gasteiger partial charge in [-0.3, -0.25) is 0 Å². The first-order chi connectivity index (χ1) is 8.22. The minimum atomic E-state index is 0.693. The summed E-state index contributed by atoms with van der Waals surface area (Å²) >= 11 is 0. The van der Waals surface area contributed by atoms with Gasteiger partial charge >= 0.3 is 0 Å². The van der Waals surface area contributed by atoms with E-state index in [0.717, 1.165) is 16.7 Å². The van der Waals surface area contributed by atoms with Crippen LogP contribution in [0.15, 0.2) is 46.9 Å². The maximum absolute atomic E-state index is 5.75. The molecule has 2 aromatic carbocycles. The van der Waals surface area contributed by atoms with E-state index in [1.54, 1.807) is 0 Å². The molecule has 0 amide bonds. The first-order valence-corrected chi connectivity index (χ1v) is 5.66. The van der Waals surface area contributed by atoms with Gasteiger partial charge in [-0.05, 0) is 38.1 Å². The quantitative estimate of drug-likeness (QED) is 0.620. The number of aromatic nitrogens is 1. The van der Waals surface area contributed by atoms with Crippen LogP contribution in [-0.4, -0.2) is 4.98 Å². The number of rotatable bonds is 1. The van der Waals surface area contributed by atoms with Crippen LogP contribution in [0.3, 0.4) is 0 Å². The predicted molar refractivity (Wildman–Crippen MR) is 68.9 cm³/mol. The highest BCUT2D eigenvalue weighted by molar-refractivity contribution is 5.76. The summed E-state index contributed by atoms with van der Waals surface area (Å²) in [5, 5.41) is 0. The van der Waals surface area contributed by atoms with E-state index in [9.17, 15) is 0 Å². The summed E-state index contributed by atoms with van der Waals surface area (Å²) < 4.78 is 5.75. The number of hydrogen-bond acceptors (Lipinski definition) is 2. The monoisotopic (exact) mass is 223 g/mol. The van der Waals surface area contributed by atoms with Gasteiger partial charge in [0.15, 0.2) is 5.58 Å². The molecule has 0 unspecified atom stereocenters. The average Bonchev–Trinajstić information content (AvgIpc) is 2.71. The fraction of sp³-hybridized carbons (Fsp3) is 0.133. The molecule has 1 heterocycles. The van der Waals surface area contributed by atoms with Crippen LogP contribution in [0.1, 0.15) is 11.1 Å². The number of aryl methyl sites for hydroxylation is 2. The molecule has 0 fully saturated rings. The molecular weight excluding hydrogens is 210 g/mol. The third kappa shape index (κ3) is 1.82. The molecule has 0 radical (unpaired) electrons. The smallest absolute Gasteiger partial charge is 0.227 e. The van der Waals surface area contributed by atoms with Gasteiger partial charge in [0, 0.05) is 5.56 Å². The van der Waals surface area contributed by atoms with E-state index in [1.807, 2.05) is 24.3 Å². The third-order valence-corrected chi connectivity index (χ3v) is 2.76. The van der Waals surface area contributed by atoms with E-state index in [-0.39, 0.29) is 0 Å². The molecule has 1 aromatic heterocycles. The highest BCUT2D eigenvalue weighted by Crippen LogP contribution is 2.25. The van der Waals surface area contributed by atoms with E-state index in [0.29, 0.717) is 5.89 Å². The summed E-state index contributed by atoms with van der Waals surface area (Å²) in [6.07, 6.45) is 0. The zero-order valence-electron chi connectivity index (χ0n) is 9.90. The maximum atomic E-state index is 5.75. The van der Waals surface area contributed by atoms with Crippen LogP contribution in [-0.2, 0) is 0 Å². The van der Waals surface area contributed by atoms with Crippen LogP contribution < -0.4 is 0 Å². The van der Waals surface area contributed by atoms with Crippen molar-refractivity contribution in [3.05, 3.63) is 53.6 Å². The van der Waals surface area contributed by atoms with Crippen molar-refractivity contribution in [1.82, 2.24) is 4.98 Å². The standard InChI is InChI=1S/C15H13NO/c1-10-7-11(2)9-12(8-10)15-16-13-5-3-4-6-14(13)17-15/h3-9H,1-2H3. The fourth-order valence-corrected chi connectivity index (χ4v) is 2.09. The lowest BCUT2D eigenvalue weighted by molar-refractivity contribution is 0.619. The minimum Gasteiger partial charge on any atom is -0.436 e. The highest BCUT2D eigenvalue weighted by atomic mass is 16.3. The highest BCUT2D eigenvalue weighted by Gasteiger charge is 2.08. The van der Waals surface area contributed by atoms with Crippen LogP contribution in [0.25, 0.3) is 22.6 Å². The Bertz CT molecular complexity index is 629. The van der Waals surface area contributed by atoms with Gasteiger partial charge in [0.2, 0.25) is 5.89 Å². The second kappa shape index (κ2) is 3.74. The van der Waals surface area contributed by atoms with E-state index >= 15 is 0 Å². The largest absolute Gasteiger partial charge is 0.436 e. The van der Waals surface area contributed by atoms with Crippen molar-refractivity contribution in [3.8, 4) is 11.5 Å². The second-order valence-electron chi connectivity index (χ2n) is 4.36. The molecule has 0 bridgehead atoms. The first-order valence-electron chi connectivity index (χ1n) is 5.66. The predicted octanol–water partition coefficient (Wildman–Crippen LogP) is 4.11. The SMILES string of the molecule is Cc1cc(C)cc(-c2nc3ccccc3o2)c1. The second-order valence-corrected chi connectivity index (χ2v) is 4.36. The van der Waals surface area contributed by atoms with Crippen molar-refractivity contribution in [1.29, 1.82) is 0 Å². The fourth-order valence-electron chi connectivity index (χ4n) is 2.09. The topological polar surface area (TPSA) is 26.0 Å². The normalized spacial score (nSPS) is 10.9. The Morgan fingerprint density at radius 2 is 1.65 bits per heavy atom. The van der Waals surface area contributed by atoms with Crippen molar-refractivity contribution in [3.63, 3.8) is 0 Å². The number of fused-ring (bicyclic) bond motifs is 1. The molecule has 0 spiro atoms.